The molecule has 0 aliphatic carbocycles. The maximum Gasteiger partial charge on any atom is 0.227 e. The summed E-state index contributed by atoms with van der Waals surface area (Å²) in [4.78, 5) is 11.6. The predicted octanol–water partition coefficient (Wildman–Crippen LogP) is 2.37. The van der Waals surface area contributed by atoms with Crippen molar-refractivity contribution < 1.29 is 4.79 Å². The molecule has 0 unspecified atom stereocenters. The van der Waals surface area contributed by atoms with Crippen LogP contribution in [0.3, 0.4) is 0 Å². The first kappa shape index (κ1) is 14.6. The van der Waals surface area contributed by atoms with E-state index in [0.29, 0.717) is 18.1 Å². The van der Waals surface area contributed by atoms with Gasteiger partial charge in [-0.2, -0.15) is 0 Å². The van der Waals surface area contributed by atoms with Crippen molar-refractivity contribution in [3.8, 4) is 10.6 Å². The fourth-order valence-corrected chi connectivity index (χ4v) is 2.71. The van der Waals surface area contributed by atoms with Gasteiger partial charge in [0.05, 0.1) is 0 Å². The summed E-state index contributed by atoms with van der Waals surface area (Å²) >= 11 is 1.39. The van der Waals surface area contributed by atoms with Crippen LogP contribution in [0.4, 0.5) is 5.13 Å². The van der Waals surface area contributed by atoms with Crippen LogP contribution in [0.2, 0.25) is 0 Å². The summed E-state index contributed by atoms with van der Waals surface area (Å²) in [5.41, 5.74) is 3.44. The molecule has 2 aromatic rings. The summed E-state index contributed by atoms with van der Waals surface area (Å²) < 4.78 is 0. The highest BCUT2D eigenvalue weighted by atomic mass is 32.1. The Morgan fingerprint density at radius 1 is 1.30 bits per heavy atom. The number of rotatable bonds is 5. The fraction of sp³-hybridized carbons (Fsp3) is 0.357. The third-order valence-electron chi connectivity index (χ3n) is 2.89. The van der Waals surface area contributed by atoms with Crippen molar-refractivity contribution >= 4 is 22.4 Å². The van der Waals surface area contributed by atoms with Crippen molar-refractivity contribution in [3.05, 3.63) is 29.3 Å². The number of amides is 1. The number of hydrogen-bond acceptors (Lipinski definition) is 5. The van der Waals surface area contributed by atoms with E-state index in [9.17, 15) is 4.79 Å². The Bertz CT molecular complexity index is 609. The van der Waals surface area contributed by atoms with Gasteiger partial charge in [-0.05, 0) is 26.5 Å². The summed E-state index contributed by atoms with van der Waals surface area (Å²) in [6.45, 7) is 4.76. The number of nitrogens with zero attached hydrogens (tertiary/aromatic N) is 2. The Hall–Kier alpha value is -1.79. The van der Waals surface area contributed by atoms with Crippen molar-refractivity contribution in [1.29, 1.82) is 0 Å². The minimum absolute atomic E-state index is 0.0531. The summed E-state index contributed by atoms with van der Waals surface area (Å²) in [6, 6.07) is 6.20. The molecule has 0 spiro atoms. The molecule has 0 atom stereocenters. The Morgan fingerprint density at radius 2 is 2.10 bits per heavy atom. The third kappa shape index (κ3) is 3.61. The largest absolute Gasteiger partial charge is 0.319 e. The first-order valence-corrected chi connectivity index (χ1v) is 7.27. The predicted molar refractivity (Wildman–Crippen MR) is 82.0 cm³/mol. The lowest BCUT2D eigenvalue weighted by atomic mass is 10.1. The van der Waals surface area contributed by atoms with Crippen molar-refractivity contribution in [2.75, 3.05) is 18.9 Å². The smallest absolute Gasteiger partial charge is 0.227 e. The first-order chi connectivity index (χ1) is 9.60. The van der Waals surface area contributed by atoms with Crippen LogP contribution in [0.5, 0.6) is 0 Å². The summed E-state index contributed by atoms with van der Waals surface area (Å²) in [5, 5.41) is 15.2. The van der Waals surface area contributed by atoms with E-state index in [-0.39, 0.29) is 5.91 Å². The summed E-state index contributed by atoms with van der Waals surface area (Å²) in [6.07, 6.45) is 0.426. The molecule has 0 aliphatic rings. The number of carbonyl (C=O) groups excluding carboxylic acids is 1. The molecule has 0 radical (unpaired) electrons. The van der Waals surface area contributed by atoms with Gasteiger partial charge in [-0.3, -0.25) is 4.79 Å². The summed E-state index contributed by atoms with van der Waals surface area (Å²) in [5.74, 6) is -0.0531. The number of nitrogens with one attached hydrogen (secondary N) is 2. The fourth-order valence-electron chi connectivity index (χ4n) is 1.86. The zero-order valence-corrected chi connectivity index (χ0v) is 12.7. The number of carbonyl (C=O) groups is 1. The molecule has 5 nitrogen and oxygen atoms in total. The molecule has 0 bridgehead atoms. The van der Waals surface area contributed by atoms with Gasteiger partial charge in [0, 0.05) is 18.5 Å². The topological polar surface area (TPSA) is 66.9 Å². The van der Waals surface area contributed by atoms with E-state index in [1.165, 1.54) is 16.9 Å². The minimum Gasteiger partial charge on any atom is -0.319 e. The standard InChI is InChI=1S/C14H18N4OS/c1-9-4-5-11(10(2)8-9)13-17-18-14(20-13)16-12(19)6-7-15-3/h4-5,8,15H,6-7H2,1-3H3,(H,16,18,19). The highest BCUT2D eigenvalue weighted by Gasteiger charge is 2.11. The van der Waals surface area contributed by atoms with E-state index in [4.69, 9.17) is 0 Å². The molecule has 106 valence electrons. The van der Waals surface area contributed by atoms with E-state index in [1.54, 1.807) is 0 Å². The van der Waals surface area contributed by atoms with Crippen molar-refractivity contribution in [2.24, 2.45) is 0 Å². The van der Waals surface area contributed by atoms with E-state index in [2.05, 4.69) is 46.8 Å². The Labute approximate surface area is 122 Å². The molecule has 0 fully saturated rings. The third-order valence-corrected chi connectivity index (χ3v) is 3.76. The van der Waals surface area contributed by atoms with Crippen molar-refractivity contribution in [1.82, 2.24) is 15.5 Å². The Balaban J connectivity index is 2.10. The van der Waals surface area contributed by atoms with Crippen LogP contribution >= 0.6 is 11.3 Å². The zero-order chi connectivity index (χ0) is 14.5. The van der Waals surface area contributed by atoms with Crippen LogP contribution in [0.1, 0.15) is 17.5 Å². The molecule has 6 heteroatoms. The second kappa shape index (κ2) is 6.58. The monoisotopic (exact) mass is 290 g/mol. The highest BCUT2D eigenvalue weighted by molar-refractivity contribution is 7.18. The first-order valence-electron chi connectivity index (χ1n) is 6.45. The van der Waals surface area contributed by atoms with Crippen molar-refractivity contribution in [3.63, 3.8) is 0 Å². The Morgan fingerprint density at radius 3 is 2.80 bits per heavy atom. The van der Waals surface area contributed by atoms with E-state index in [0.717, 1.165) is 16.1 Å². The SMILES string of the molecule is CNCCC(=O)Nc1nnc(-c2ccc(C)cc2C)s1. The molecule has 2 rings (SSSR count). The minimum atomic E-state index is -0.0531. The summed E-state index contributed by atoms with van der Waals surface area (Å²) in [7, 11) is 1.82. The average Bonchev–Trinajstić information content (AvgIpc) is 2.84. The van der Waals surface area contributed by atoms with E-state index >= 15 is 0 Å². The molecule has 1 aromatic heterocycles. The van der Waals surface area contributed by atoms with Gasteiger partial charge in [0.25, 0.3) is 0 Å². The number of benzene rings is 1. The molecule has 0 saturated heterocycles. The van der Waals surface area contributed by atoms with Crippen LogP contribution in [-0.4, -0.2) is 29.7 Å². The van der Waals surface area contributed by atoms with Crippen LogP contribution in [0.15, 0.2) is 18.2 Å². The van der Waals surface area contributed by atoms with E-state index in [1.807, 2.05) is 13.1 Å². The molecular weight excluding hydrogens is 272 g/mol. The van der Waals surface area contributed by atoms with Gasteiger partial charge >= 0.3 is 0 Å². The van der Waals surface area contributed by atoms with Crippen LogP contribution < -0.4 is 10.6 Å². The lowest BCUT2D eigenvalue weighted by Gasteiger charge is -2.02. The van der Waals surface area contributed by atoms with Gasteiger partial charge in [0.2, 0.25) is 11.0 Å². The van der Waals surface area contributed by atoms with Gasteiger partial charge in [0.15, 0.2) is 0 Å². The van der Waals surface area contributed by atoms with Crippen LogP contribution in [0.25, 0.3) is 10.6 Å². The molecule has 20 heavy (non-hydrogen) atoms. The maximum absolute atomic E-state index is 11.6. The maximum atomic E-state index is 11.6. The van der Waals surface area contributed by atoms with Crippen molar-refractivity contribution in [2.45, 2.75) is 20.3 Å². The van der Waals surface area contributed by atoms with Gasteiger partial charge < -0.3 is 10.6 Å². The zero-order valence-electron chi connectivity index (χ0n) is 11.9. The number of anilines is 1. The molecule has 0 saturated carbocycles. The second-order valence-corrected chi connectivity index (χ2v) is 5.61. The molecule has 1 amide bonds. The average molecular weight is 290 g/mol. The lowest BCUT2D eigenvalue weighted by Crippen LogP contribution is -2.18. The molecule has 1 heterocycles. The number of aromatic nitrogens is 2. The normalized spacial score (nSPS) is 10.6. The number of aryl methyl sites for hydroxylation is 2. The highest BCUT2D eigenvalue weighted by Crippen LogP contribution is 2.29. The van der Waals surface area contributed by atoms with Crippen LogP contribution in [-0.2, 0) is 4.79 Å². The molecular formula is C14H18N4OS. The van der Waals surface area contributed by atoms with E-state index < -0.39 is 0 Å². The lowest BCUT2D eigenvalue weighted by molar-refractivity contribution is -0.116. The molecule has 2 N–H and O–H groups in total. The van der Waals surface area contributed by atoms with Gasteiger partial charge in [-0.15, -0.1) is 10.2 Å². The quantitative estimate of drug-likeness (QED) is 0.887. The van der Waals surface area contributed by atoms with Crippen LogP contribution in [0, 0.1) is 13.8 Å². The molecule has 1 aromatic carbocycles. The van der Waals surface area contributed by atoms with Gasteiger partial charge in [0.1, 0.15) is 5.01 Å². The second-order valence-electron chi connectivity index (χ2n) is 4.63. The number of hydrogen-bond donors (Lipinski definition) is 2. The Kier molecular flexibility index (Phi) is 4.81. The van der Waals surface area contributed by atoms with Gasteiger partial charge in [-0.25, -0.2) is 0 Å². The molecule has 0 aliphatic heterocycles. The van der Waals surface area contributed by atoms with Gasteiger partial charge in [-0.1, -0.05) is 35.1 Å².